The largest absolute Gasteiger partial charge is 0.310 e. The second kappa shape index (κ2) is 3.89. The molecule has 2 bridgehead atoms. The van der Waals surface area contributed by atoms with Crippen LogP contribution >= 0.6 is 0 Å². The van der Waals surface area contributed by atoms with Crippen molar-refractivity contribution in [1.82, 2.24) is 5.32 Å². The van der Waals surface area contributed by atoms with Crippen LogP contribution < -0.4 is 5.32 Å². The number of allylic oxidation sites excluding steroid dienone is 1. The highest BCUT2D eigenvalue weighted by atomic mass is 16.1. The predicted octanol–water partition coefficient (Wildman–Crippen LogP) is 2.25. The predicted molar refractivity (Wildman–Crippen MR) is 75.0 cm³/mol. The van der Waals surface area contributed by atoms with E-state index in [1.54, 1.807) is 6.08 Å². The first-order chi connectivity index (χ1) is 9.19. The summed E-state index contributed by atoms with van der Waals surface area (Å²) in [4.78, 5) is 15.9. The summed E-state index contributed by atoms with van der Waals surface area (Å²) in [5, 5.41) is 3.83. The number of dihydropyridines is 1. The van der Waals surface area contributed by atoms with E-state index in [1.165, 1.54) is 18.4 Å². The van der Waals surface area contributed by atoms with E-state index in [-0.39, 0.29) is 11.4 Å². The second-order valence-electron chi connectivity index (χ2n) is 6.55. The number of hydrogen-bond acceptors (Lipinski definition) is 2. The Bertz CT molecular complexity index is 531. The van der Waals surface area contributed by atoms with Gasteiger partial charge in [0.2, 0.25) is 0 Å². The normalized spacial score (nSPS) is 44.1. The summed E-state index contributed by atoms with van der Waals surface area (Å²) in [6, 6.07) is 0. The van der Waals surface area contributed by atoms with Gasteiger partial charge in [-0.05, 0) is 51.0 Å². The molecule has 100 valence electrons. The molecule has 4 atom stereocenters. The average molecular weight is 256 g/mol. The first kappa shape index (κ1) is 11.6. The van der Waals surface area contributed by atoms with Crippen LogP contribution in [0.25, 0.3) is 0 Å². The Morgan fingerprint density at radius 3 is 3.26 bits per heavy atom. The van der Waals surface area contributed by atoms with Gasteiger partial charge in [0, 0.05) is 23.2 Å². The van der Waals surface area contributed by atoms with Crippen molar-refractivity contribution in [2.45, 2.75) is 38.1 Å². The molecule has 0 aromatic heterocycles. The number of rotatable bonds is 0. The number of hydrogen-bond donors (Lipinski definition) is 1. The zero-order valence-electron chi connectivity index (χ0n) is 11.4. The molecule has 1 saturated carbocycles. The summed E-state index contributed by atoms with van der Waals surface area (Å²) in [6.45, 7) is 3.35. The third-order valence-corrected chi connectivity index (χ3v) is 5.44. The third kappa shape index (κ3) is 1.54. The Morgan fingerprint density at radius 1 is 1.47 bits per heavy atom. The topological polar surface area (TPSA) is 41.5 Å². The molecule has 3 heteroatoms. The lowest BCUT2D eigenvalue weighted by atomic mass is 9.53. The number of nitrogens with one attached hydrogen (secondary N) is 1. The number of fused-ring (bicyclic) bond motifs is 1. The highest BCUT2D eigenvalue weighted by Crippen LogP contribution is 2.52. The number of amides is 1. The fourth-order valence-corrected chi connectivity index (χ4v) is 4.90. The van der Waals surface area contributed by atoms with Crippen molar-refractivity contribution in [2.75, 3.05) is 6.54 Å². The van der Waals surface area contributed by atoms with Gasteiger partial charge in [0.25, 0.3) is 5.91 Å². The minimum atomic E-state index is -0.0734. The Labute approximate surface area is 113 Å². The number of piperidine rings is 1. The fourth-order valence-electron chi connectivity index (χ4n) is 4.90. The molecule has 0 radical (unpaired) electrons. The van der Waals surface area contributed by atoms with Crippen LogP contribution in [0.2, 0.25) is 0 Å². The van der Waals surface area contributed by atoms with Crippen molar-refractivity contribution in [3.63, 3.8) is 0 Å². The number of carbonyl (C=O) groups excluding carboxylic acids is 1. The van der Waals surface area contributed by atoms with Gasteiger partial charge in [-0.2, -0.15) is 0 Å². The third-order valence-electron chi connectivity index (χ3n) is 5.44. The van der Waals surface area contributed by atoms with E-state index in [2.05, 4.69) is 29.4 Å². The maximum atomic E-state index is 11.5. The van der Waals surface area contributed by atoms with E-state index in [0.29, 0.717) is 17.8 Å². The fraction of sp³-hybridized carbons (Fsp3) is 0.625. The van der Waals surface area contributed by atoms with Gasteiger partial charge in [-0.3, -0.25) is 4.79 Å². The summed E-state index contributed by atoms with van der Waals surface area (Å²) < 4.78 is 0. The molecule has 0 aromatic carbocycles. The quantitative estimate of drug-likeness (QED) is 0.675. The molecule has 0 aromatic rings. The SMILES string of the molecule is CC1=CC2CC3=NC(=O)C=CC3[C@]3(C1)NCCCC23. The Hall–Kier alpha value is -1.22. The van der Waals surface area contributed by atoms with Crippen LogP contribution in [-0.2, 0) is 4.79 Å². The molecular weight excluding hydrogens is 236 g/mol. The number of carbonyl (C=O) groups is 1. The van der Waals surface area contributed by atoms with E-state index in [0.717, 1.165) is 25.1 Å². The van der Waals surface area contributed by atoms with Crippen molar-refractivity contribution in [3.05, 3.63) is 23.8 Å². The van der Waals surface area contributed by atoms with Crippen LogP contribution in [0.4, 0.5) is 0 Å². The van der Waals surface area contributed by atoms with Crippen molar-refractivity contribution in [1.29, 1.82) is 0 Å². The summed E-state index contributed by atoms with van der Waals surface area (Å²) in [6.07, 6.45) is 10.9. The molecule has 4 aliphatic rings. The maximum Gasteiger partial charge on any atom is 0.269 e. The van der Waals surface area contributed by atoms with Crippen LogP contribution in [0.5, 0.6) is 0 Å². The van der Waals surface area contributed by atoms with Crippen molar-refractivity contribution in [3.8, 4) is 0 Å². The molecule has 1 N–H and O–H groups in total. The lowest BCUT2D eigenvalue weighted by Crippen LogP contribution is -2.66. The van der Waals surface area contributed by atoms with E-state index in [1.807, 2.05) is 0 Å². The Morgan fingerprint density at radius 2 is 2.37 bits per heavy atom. The van der Waals surface area contributed by atoms with Gasteiger partial charge in [0.05, 0.1) is 0 Å². The van der Waals surface area contributed by atoms with E-state index in [9.17, 15) is 4.79 Å². The first-order valence-corrected chi connectivity index (χ1v) is 7.41. The summed E-state index contributed by atoms with van der Waals surface area (Å²) in [5.74, 6) is 1.55. The first-order valence-electron chi connectivity index (χ1n) is 7.41. The zero-order valence-corrected chi connectivity index (χ0v) is 11.4. The molecule has 2 heterocycles. The molecule has 1 amide bonds. The number of nitrogens with zero attached hydrogens (tertiary/aromatic N) is 1. The molecule has 2 aliphatic heterocycles. The summed E-state index contributed by atoms with van der Waals surface area (Å²) in [5.41, 5.74) is 2.75. The van der Waals surface area contributed by atoms with Gasteiger partial charge in [-0.15, -0.1) is 0 Å². The van der Waals surface area contributed by atoms with Crippen LogP contribution in [0.15, 0.2) is 28.8 Å². The minimum Gasteiger partial charge on any atom is -0.310 e. The van der Waals surface area contributed by atoms with Crippen LogP contribution in [0.1, 0.15) is 32.6 Å². The highest BCUT2D eigenvalue weighted by Gasteiger charge is 2.55. The Kier molecular flexibility index (Phi) is 2.37. The smallest absolute Gasteiger partial charge is 0.269 e. The summed E-state index contributed by atoms with van der Waals surface area (Å²) in [7, 11) is 0. The maximum absolute atomic E-state index is 11.5. The molecule has 2 fully saturated rings. The molecule has 3 unspecified atom stereocenters. The van der Waals surface area contributed by atoms with Crippen molar-refractivity contribution >= 4 is 11.6 Å². The van der Waals surface area contributed by atoms with E-state index < -0.39 is 0 Å². The lowest BCUT2D eigenvalue weighted by molar-refractivity contribution is -0.113. The van der Waals surface area contributed by atoms with E-state index >= 15 is 0 Å². The Balaban J connectivity index is 1.85. The average Bonchev–Trinajstić information content (AvgIpc) is 2.37. The van der Waals surface area contributed by atoms with E-state index in [4.69, 9.17) is 0 Å². The van der Waals surface area contributed by atoms with Gasteiger partial charge in [-0.1, -0.05) is 17.7 Å². The molecular formula is C16H20N2O. The molecule has 1 saturated heterocycles. The van der Waals surface area contributed by atoms with Crippen molar-refractivity contribution in [2.24, 2.45) is 22.7 Å². The van der Waals surface area contributed by atoms with Crippen LogP contribution in [-0.4, -0.2) is 23.7 Å². The molecule has 19 heavy (non-hydrogen) atoms. The standard InChI is InChI=1S/C16H20N2O/c1-10-7-11-8-14-13(4-5-15(19)18-14)16(9-10)12(11)3-2-6-17-16/h4-5,7,11-13,17H,2-3,6,8-9H2,1H3/t11?,12?,13?,16-/m1/s1. The van der Waals surface area contributed by atoms with Gasteiger partial charge in [0.15, 0.2) is 0 Å². The van der Waals surface area contributed by atoms with Gasteiger partial charge < -0.3 is 5.32 Å². The highest BCUT2D eigenvalue weighted by molar-refractivity contribution is 6.06. The molecule has 2 aliphatic carbocycles. The second-order valence-corrected chi connectivity index (χ2v) is 6.55. The number of aliphatic imine (C=N–C) groups is 1. The monoisotopic (exact) mass is 256 g/mol. The van der Waals surface area contributed by atoms with Gasteiger partial charge >= 0.3 is 0 Å². The van der Waals surface area contributed by atoms with Crippen LogP contribution in [0, 0.1) is 17.8 Å². The zero-order chi connectivity index (χ0) is 13.0. The lowest BCUT2D eigenvalue weighted by Gasteiger charge is -2.58. The molecule has 3 nitrogen and oxygen atoms in total. The van der Waals surface area contributed by atoms with Gasteiger partial charge in [0.1, 0.15) is 0 Å². The minimum absolute atomic E-state index is 0.0734. The summed E-state index contributed by atoms with van der Waals surface area (Å²) >= 11 is 0. The molecule has 0 spiro atoms. The molecule has 4 rings (SSSR count). The van der Waals surface area contributed by atoms with Gasteiger partial charge in [-0.25, -0.2) is 4.99 Å². The van der Waals surface area contributed by atoms with Crippen molar-refractivity contribution < 1.29 is 4.79 Å². The van der Waals surface area contributed by atoms with Crippen LogP contribution in [0.3, 0.4) is 0 Å².